The number of hydrogen-bond donors (Lipinski definition) is 4. The number of nitrogens with two attached hydrogens (primary N) is 1. The van der Waals surface area contributed by atoms with Gasteiger partial charge in [-0.05, 0) is 74.1 Å². The maximum absolute atomic E-state index is 13.9. The molecule has 4 rings (SSSR count). The van der Waals surface area contributed by atoms with Gasteiger partial charge in [0.05, 0.1) is 6.04 Å². The molecule has 1 aromatic rings. The van der Waals surface area contributed by atoms with Crippen LogP contribution in [-0.4, -0.2) is 116 Å². The highest BCUT2D eigenvalue weighted by Crippen LogP contribution is 2.33. The van der Waals surface area contributed by atoms with Crippen molar-refractivity contribution in [1.29, 1.82) is 0 Å². The van der Waals surface area contributed by atoms with Crippen LogP contribution < -0.4 is 21.5 Å². The quantitative estimate of drug-likeness (QED) is 0.249. The molecule has 5 N–H and O–H groups in total. The monoisotopic (exact) mass is 679 g/mol. The summed E-state index contributed by atoms with van der Waals surface area (Å²) in [6, 6.07) is -3.39. The zero-order valence-corrected chi connectivity index (χ0v) is 28.2. The van der Waals surface area contributed by atoms with E-state index in [1.807, 2.05) is 0 Å². The molecule has 2 fully saturated rings. The predicted octanol–water partition coefficient (Wildman–Crippen LogP) is 2.27. The topological polar surface area (TPSA) is 236 Å². The lowest BCUT2D eigenvalue weighted by molar-refractivity contribution is -0.173. The highest BCUT2D eigenvalue weighted by Gasteiger charge is 2.48. The molecule has 18 heteroatoms. The fourth-order valence-electron chi connectivity index (χ4n) is 5.91. The van der Waals surface area contributed by atoms with E-state index >= 15 is 0 Å². The summed E-state index contributed by atoms with van der Waals surface area (Å²) >= 11 is 0. The van der Waals surface area contributed by atoms with E-state index in [2.05, 4.69) is 15.3 Å². The van der Waals surface area contributed by atoms with Crippen molar-refractivity contribution in [3.8, 4) is 0 Å². The van der Waals surface area contributed by atoms with Crippen molar-refractivity contribution in [2.45, 2.75) is 116 Å². The summed E-state index contributed by atoms with van der Waals surface area (Å²) in [5, 5.41) is 12.5. The minimum atomic E-state index is -1.47. The normalized spacial score (nSPS) is 22.2. The van der Waals surface area contributed by atoms with Gasteiger partial charge >= 0.3 is 30.2 Å². The number of fused-ring (bicyclic) bond motifs is 1. The molecule has 5 atom stereocenters. The number of aromatic amines is 1. The number of carbonyl (C=O) groups is 5. The second kappa shape index (κ2) is 13.8. The average molecular weight is 680 g/mol. The first-order chi connectivity index (χ1) is 22.3. The second-order valence-electron chi connectivity index (χ2n) is 14.0. The van der Waals surface area contributed by atoms with Gasteiger partial charge in [0.25, 0.3) is 5.56 Å². The number of nitrogens with zero attached hydrogens (tertiary/aromatic N) is 4. The maximum atomic E-state index is 13.9. The van der Waals surface area contributed by atoms with Gasteiger partial charge in [0, 0.05) is 19.6 Å². The van der Waals surface area contributed by atoms with Crippen LogP contribution in [0.3, 0.4) is 0 Å². The van der Waals surface area contributed by atoms with Crippen molar-refractivity contribution in [3.05, 3.63) is 10.4 Å². The number of carbonyl (C=O) groups excluding carboxylic acids is 4. The molecule has 0 saturated carbocycles. The van der Waals surface area contributed by atoms with E-state index in [-0.39, 0.29) is 49.9 Å². The van der Waals surface area contributed by atoms with Crippen molar-refractivity contribution in [2.75, 3.05) is 35.6 Å². The number of aromatic nitrogens is 2. The van der Waals surface area contributed by atoms with Crippen LogP contribution in [0.15, 0.2) is 4.79 Å². The summed E-state index contributed by atoms with van der Waals surface area (Å²) in [5.41, 5.74) is 2.82. The number of nitrogen functional groups attached to an aromatic ring is 1. The largest absolute Gasteiger partial charge is 0.465 e. The summed E-state index contributed by atoms with van der Waals surface area (Å²) in [5.74, 6) is -2.00. The number of amides is 3. The highest BCUT2D eigenvalue weighted by molar-refractivity contribution is 5.93. The van der Waals surface area contributed by atoms with E-state index in [9.17, 15) is 33.9 Å². The third kappa shape index (κ3) is 8.20. The Morgan fingerprint density at radius 2 is 1.44 bits per heavy atom. The molecule has 5 unspecified atom stereocenters. The van der Waals surface area contributed by atoms with Crippen LogP contribution in [0.1, 0.15) is 74.1 Å². The van der Waals surface area contributed by atoms with E-state index in [1.165, 1.54) is 11.8 Å². The Bertz CT molecular complexity index is 1480. The van der Waals surface area contributed by atoms with Gasteiger partial charge in [-0.3, -0.25) is 24.5 Å². The second-order valence-corrected chi connectivity index (χ2v) is 14.0. The molecule has 18 nitrogen and oxygen atoms in total. The van der Waals surface area contributed by atoms with Crippen LogP contribution in [0, 0.1) is 0 Å². The van der Waals surface area contributed by atoms with Crippen LogP contribution in [0.4, 0.5) is 31.8 Å². The first-order valence-corrected chi connectivity index (χ1v) is 15.8. The molecular weight excluding hydrogens is 634 g/mol. The smallest absolute Gasteiger partial charge is 0.415 e. The van der Waals surface area contributed by atoms with Gasteiger partial charge in [-0.25, -0.2) is 24.0 Å². The SMILES string of the molecule is CC(OC(=O)C1CCCN1C(=O)O)C(OC(=O)C1CCCN1C(=O)OC(C)(C)C)C1CNc2nc(N)[nH]c(=O)c2N1C(=O)OC(C)(C)C. The van der Waals surface area contributed by atoms with Crippen molar-refractivity contribution in [1.82, 2.24) is 19.8 Å². The Hall–Kier alpha value is -4.77. The van der Waals surface area contributed by atoms with Crippen LogP contribution in [0.25, 0.3) is 0 Å². The lowest BCUT2D eigenvalue weighted by Gasteiger charge is -2.42. The minimum absolute atomic E-state index is 0.0389. The lowest BCUT2D eigenvalue weighted by atomic mass is 10.0. The average Bonchev–Trinajstić information content (AvgIpc) is 3.64. The number of hydrogen-bond acceptors (Lipinski definition) is 13. The Labute approximate surface area is 277 Å². The molecule has 4 heterocycles. The van der Waals surface area contributed by atoms with Crippen LogP contribution in [0.2, 0.25) is 0 Å². The van der Waals surface area contributed by atoms with Gasteiger partial charge in [-0.15, -0.1) is 0 Å². The van der Waals surface area contributed by atoms with Crippen molar-refractivity contribution in [2.24, 2.45) is 0 Å². The van der Waals surface area contributed by atoms with Crippen LogP contribution in [-0.2, 0) is 28.5 Å². The van der Waals surface area contributed by atoms with Gasteiger partial charge < -0.3 is 35.1 Å². The summed E-state index contributed by atoms with van der Waals surface area (Å²) in [6.45, 7) is 11.6. The zero-order valence-electron chi connectivity index (χ0n) is 28.2. The summed E-state index contributed by atoms with van der Waals surface area (Å²) in [6.07, 6.45) is -4.37. The molecule has 0 aromatic carbocycles. The number of esters is 2. The number of carboxylic acid groups (broad SMARTS) is 1. The number of rotatable bonds is 6. The molecule has 0 spiro atoms. The lowest BCUT2D eigenvalue weighted by Crippen LogP contribution is -2.61. The zero-order chi connectivity index (χ0) is 35.7. The van der Waals surface area contributed by atoms with Crippen molar-refractivity contribution in [3.63, 3.8) is 0 Å². The Morgan fingerprint density at radius 1 is 0.896 bits per heavy atom. The molecule has 0 radical (unpaired) electrons. The van der Waals surface area contributed by atoms with Crippen molar-refractivity contribution >= 4 is 47.7 Å². The third-order valence-corrected chi connectivity index (χ3v) is 7.87. The molecule has 3 aliphatic heterocycles. The molecule has 48 heavy (non-hydrogen) atoms. The molecular formula is C30H45N7O11. The third-order valence-electron chi connectivity index (χ3n) is 7.87. The summed E-state index contributed by atoms with van der Waals surface area (Å²) in [4.78, 5) is 88.6. The first-order valence-electron chi connectivity index (χ1n) is 15.8. The van der Waals surface area contributed by atoms with Gasteiger partial charge in [0.1, 0.15) is 29.4 Å². The van der Waals surface area contributed by atoms with Gasteiger partial charge in [0.2, 0.25) is 5.95 Å². The van der Waals surface area contributed by atoms with Gasteiger partial charge in [0.15, 0.2) is 17.6 Å². The maximum Gasteiger partial charge on any atom is 0.415 e. The van der Waals surface area contributed by atoms with Crippen LogP contribution in [0.5, 0.6) is 0 Å². The summed E-state index contributed by atoms with van der Waals surface area (Å²) in [7, 11) is 0. The fraction of sp³-hybridized carbons (Fsp3) is 0.700. The fourth-order valence-corrected chi connectivity index (χ4v) is 5.91. The van der Waals surface area contributed by atoms with Crippen molar-refractivity contribution < 1.29 is 48.0 Å². The van der Waals surface area contributed by atoms with Gasteiger partial charge in [-0.1, -0.05) is 0 Å². The molecule has 1 aromatic heterocycles. The Kier molecular flexibility index (Phi) is 10.3. The van der Waals surface area contributed by atoms with E-state index in [1.54, 1.807) is 41.5 Å². The number of anilines is 3. The van der Waals surface area contributed by atoms with E-state index in [4.69, 9.17) is 24.7 Å². The molecule has 3 aliphatic rings. The van der Waals surface area contributed by atoms with Crippen LogP contribution >= 0.6 is 0 Å². The van der Waals surface area contributed by atoms with E-state index in [0.717, 1.165) is 9.80 Å². The van der Waals surface area contributed by atoms with E-state index in [0.29, 0.717) is 12.8 Å². The molecule has 0 bridgehead atoms. The minimum Gasteiger partial charge on any atom is -0.465 e. The first kappa shape index (κ1) is 36.1. The summed E-state index contributed by atoms with van der Waals surface area (Å²) < 4.78 is 22.9. The number of H-pyrrole nitrogens is 1. The molecule has 266 valence electrons. The Morgan fingerprint density at radius 3 is 2.02 bits per heavy atom. The van der Waals surface area contributed by atoms with Gasteiger partial charge in [-0.2, -0.15) is 4.98 Å². The van der Waals surface area contributed by atoms with E-state index < -0.39 is 77.3 Å². The molecule has 3 amide bonds. The standard InChI is InChI=1S/C30H45N7O11/c1-15(45-23(39)16-10-8-12-35(16)26(41)42)20(46-24(40)17-11-9-13-36(17)27(43)47-29(2,3)4)18-14-32-21-19(22(38)34-25(31)33-21)37(18)28(44)48-30(5,6)7/h15-18,20H,8-14H2,1-7H3,(H,41,42)(H4,31,32,33,34,38). The highest BCUT2D eigenvalue weighted by atomic mass is 16.6. The molecule has 2 saturated heterocycles. The number of ether oxygens (including phenoxy) is 4. The Balaban J connectivity index is 1.73. The number of likely N-dealkylation sites (tertiary alicyclic amines) is 2. The number of nitrogens with one attached hydrogen (secondary N) is 2. The predicted molar refractivity (Wildman–Crippen MR) is 169 cm³/mol. The molecule has 0 aliphatic carbocycles.